The van der Waals surface area contributed by atoms with Crippen LogP contribution in [-0.2, 0) is 25.6 Å². The van der Waals surface area contributed by atoms with Crippen LogP contribution in [0, 0.1) is 13.8 Å². The number of aliphatic hydroxyl groups is 1. The van der Waals surface area contributed by atoms with E-state index < -0.39 is 23.6 Å². The van der Waals surface area contributed by atoms with Crippen LogP contribution in [-0.4, -0.2) is 42.8 Å². The average Bonchev–Trinajstić information content (AvgIpc) is 3.57. The monoisotopic (exact) mass is 592 g/mol. The third-order valence-corrected chi connectivity index (χ3v) is 7.74. The quantitative estimate of drug-likeness (QED) is 0.193. The number of hydrogen-bond donors (Lipinski definition) is 3. The Morgan fingerprint density at radius 1 is 1.05 bits per heavy atom. The van der Waals surface area contributed by atoms with Gasteiger partial charge in [-0.15, -0.1) is 0 Å². The third kappa shape index (κ3) is 7.29. The van der Waals surface area contributed by atoms with Gasteiger partial charge in [0.15, 0.2) is 11.6 Å². The van der Waals surface area contributed by atoms with E-state index in [1.54, 1.807) is 10.7 Å². The van der Waals surface area contributed by atoms with E-state index in [0.29, 0.717) is 29.2 Å². The van der Waals surface area contributed by atoms with Gasteiger partial charge in [-0.1, -0.05) is 19.1 Å². The van der Waals surface area contributed by atoms with E-state index in [0.717, 1.165) is 54.0 Å². The number of carbonyl (C=O) groups excluding carboxylic acids is 1. The number of anilines is 2. The minimum Gasteiger partial charge on any atom is -0.392 e. The van der Waals surface area contributed by atoms with Crippen LogP contribution < -0.4 is 10.6 Å². The molecule has 1 saturated carbocycles. The summed E-state index contributed by atoms with van der Waals surface area (Å²) in [5, 5.41) is 21.2. The van der Waals surface area contributed by atoms with Gasteiger partial charge in [0.05, 0.1) is 17.4 Å². The molecule has 2 atom stereocenters. The first-order chi connectivity index (χ1) is 20.5. The van der Waals surface area contributed by atoms with Crippen molar-refractivity contribution in [3.05, 3.63) is 94.1 Å². The molecule has 0 radical (unpaired) electrons. The zero-order valence-electron chi connectivity index (χ0n) is 24.4. The highest BCUT2D eigenvalue weighted by Crippen LogP contribution is 2.32. The first-order valence-electron chi connectivity index (χ1n) is 14.4. The fourth-order valence-corrected chi connectivity index (χ4v) is 5.34. The molecule has 5 rings (SSSR count). The Balaban J connectivity index is 1.37. The molecule has 0 bridgehead atoms. The Bertz CT molecular complexity index is 1620. The van der Waals surface area contributed by atoms with Gasteiger partial charge in [0.25, 0.3) is 0 Å². The van der Waals surface area contributed by atoms with Crippen LogP contribution >= 0.6 is 0 Å². The number of hydrogen-bond acceptors (Lipinski definition) is 7. The van der Waals surface area contributed by atoms with Crippen molar-refractivity contribution in [2.24, 2.45) is 0 Å². The number of Topliss-reactive ketones (excluding diaryl/α,β-unsaturated/α-hetero) is 1. The lowest BCUT2D eigenvalue weighted by atomic mass is 9.97. The molecular weight excluding hydrogens is 557 g/mol. The minimum absolute atomic E-state index is 0.00197. The highest BCUT2D eigenvalue weighted by Gasteiger charge is 2.32. The molecule has 1 fully saturated rings. The van der Waals surface area contributed by atoms with Crippen molar-refractivity contribution in [1.29, 1.82) is 0 Å². The van der Waals surface area contributed by atoms with Gasteiger partial charge in [-0.05, 0) is 80.5 Å². The van der Waals surface area contributed by atoms with E-state index in [1.807, 2.05) is 45.0 Å². The molecule has 226 valence electrons. The van der Waals surface area contributed by atoms with Crippen LogP contribution in [0.25, 0.3) is 5.82 Å². The Hall–Kier alpha value is -4.09. The lowest BCUT2D eigenvalue weighted by molar-refractivity contribution is -0.137. The molecule has 1 aliphatic rings. The van der Waals surface area contributed by atoms with Gasteiger partial charge in [-0.2, -0.15) is 23.0 Å². The van der Waals surface area contributed by atoms with Crippen LogP contribution in [0.5, 0.6) is 0 Å². The second kappa shape index (κ2) is 12.6. The summed E-state index contributed by atoms with van der Waals surface area (Å²) in [4.78, 5) is 22.0. The molecule has 2 aromatic carbocycles. The molecule has 43 heavy (non-hydrogen) atoms. The number of carbonyl (C=O) groups is 1. The van der Waals surface area contributed by atoms with E-state index >= 15 is 0 Å². The largest absolute Gasteiger partial charge is 0.416 e. The predicted octanol–water partition coefficient (Wildman–Crippen LogP) is 6.03. The summed E-state index contributed by atoms with van der Waals surface area (Å²) in [6.07, 6.45) is -0.652. The van der Waals surface area contributed by atoms with Gasteiger partial charge in [0.2, 0.25) is 0 Å². The van der Waals surface area contributed by atoms with Crippen LogP contribution in [0.1, 0.15) is 70.2 Å². The highest BCUT2D eigenvalue weighted by atomic mass is 19.4. The lowest BCUT2D eigenvalue weighted by Gasteiger charge is -2.18. The van der Waals surface area contributed by atoms with Crippen molar-refractivity contribution in [2.75, 3.05) is 5.32 Å². The van der Waals surface area contributed by atoms with Crippen molar-refractivity contribution in [1.82, 2.24) is 25.1 Å². The Morgan fingerprint density at radius 3 is 2.58 bits per heavy atom. The molecule has 3 N–H and O–H groups in total. The fraction of sp³-hybridized carbons (Fsp3) is 0.375. The Labute approximate surface area is 248 Å². The summed E-state index contributed by atoms with van der Waals surface area (Å²) in [7, 11) is 0. The maximum atomic E-state index is 13.8. The maximum absolute atomic E-state index is 13.8. The SMILES string of the molecule is CCc1cc(-n2nc(C)cc2Nc2cc(CC(=O)c3cc(CNC4CCC[C@H]4O)cc(C(F)(F)F)c3)ccc2C)ncn1. The maximum Gasteiger partial charge on any atom is 0.416 e. The molecule has 11 heteroatoms. The van der Waals surface area contributed by atoms with Crippen LogP contribution in [0.2, 0.25) is 0 Å². The number of rotatable bonds is 10. The molecule has 1 unspecified atom stereocenters. The van der Waals surface area contributed by atoms with Crippen molar-refractivity contribution < 1.29 is 23.1 Å². The van der Waals surface area contributed by atoms with Gasteiger partial charge in [-0.25, -0.2) is 9.97 Å². The number of halogens is 3. The molecule has 2 heterocycles. The summed E-state index contributed by atoms with van der Waals surface area (Å²) in [5.41, 5.74) is 3.45. The molecule has 0 amide bonds. The zero-order valence-corrected chi connectivity index (χ0v) is 24.4. The van der Waals surface area contributed by atoms with E-state index in [4.69, 9.17) is 0 Å². The molecule has 4 aromatic rings. The Morgan fingerprint density at radius 2 is 1.86 bits per heavy atom. The first-order valence-corrected chi connectivity index (χ1v) is 14.4. The number of ketones is 1. The Kier molecular flexibility index (Phi) is 8.93. The van der Waals surface area contributed by atoms with Gasteiger partial charge < -0.3 is 15.7 Å². The second-order valence-electron chi connectivity index (χ2n) is 11.1. The lowest BCUT2D eigenvalue weighted by Crippen LogP contribution is -2.35. The van der Waals surface area contributed by atoms with E-state index in [1.165, 1.54) is 12.4 Å². The second-order valence-corrected chi connectivity index (χ2v) is 11.1. The molecule has 0 aliphatic heterocycles. The molecular formula is C32H35F3N6O2. The van der Waals surface area contributed by atoms with Gasteiger partial charge in [0, 0.05) is 48.1 Å². The van der Waals surface area contributed by atoms with Crippen LogP contribution in [0.4, 0.5) is 24.7 Å². The van der Waals surface area contributed by atoms with E-state index in [2.05, 4.69) is 25.7 Å². The number of aliphatic hydroxyl groups excluding tert-OH is 1. The fourth-order valence-electron chi connectivity index (χ4n) is 5.34. The number of aromatic nitrogens is 4. The van der Waals surface area contributed by atoms with Crippen LogP contribution in [0.15, 0.2) is 54.9 Å². The number of alkyl halides is 3. The molecule has 2 aromatic heterocycles. The standard InChI is InChI=1S/C32H35F3N6O2/c1-4-25-16-30(38-18-37-25)41-31(10-20(3)40-41)39-27-13-21(9-8-19(27)2)14-29(43)23-11-22(12-24(15-23)32(33,34)35)17-36-26-6-5-7-28(26)42/h8-13,15-16,18,26,28,36,39,42H,4-7,14,17H2,1-3H3/t26?,28-/m1/s1. The predicted molar refractivity (Wildman–Crippen MR) is 158 cm³/mol. The smallest absolute Gasteiger partial charge is 0.392 e. The normalized spacial score (nSPS) is 16.9. The number of nitrogens with zero attached hydrogens (tertiary/aromatic N) is 4. The van der Waals surface area contributed by atoms with E-state index in [-0.39, 0.29) is 24.6 Å². The minimum atomic E-state index is -4.60. The first kappa shape index (κ1) is 30.4. The van der Waals surface area contributed by atoms with E-state index in [9.17, 15) is 23.1 Å². The van der Waals surface area contributed by atoms with Gasteiger partial charge in [-0.3, -0.25) is 4.79 Å². The van der Waals surface area contributed by atoms with Gasteiger partial charge >= 0.3 is 6.18 Å². The molecule has 1 aliphatic carbocycles. The van der Waals surface area contributed by atoms with Crippen molar-refractivity contribution >= 4 is 17.3 Å². The summed E-state index contributed by atoms with van der Waals surface area (Å²) in [6, 6.07) is 12.6. The molecule has 0 spiro atoms. The average molecular weight is 593 g/mol. The molecule has 0 saturated heterocycles. The number of benzene rings is 2. The van der Waals surface area contributed by atoms with Crippen molar-refractivity contribution in [2.45, 2.75) is 77.7 Å². The van der Waals surface area contributed by atoms with Crippen molar-refractivity contribution in [3.63, 3.8) is 0 Å². The van der Waals surface area contributed by atoms with Crippen molar-refractivity contribution in [3.8, 4) is 5.82 Å². The number of aryl methyl sites for hydroxylation is 3. The topological polar surface area (TPSA) is 105 Å². The molecule has 8 nitrogen and oxygen atoms in total. The summed E-state index contributed by atoms with van der Waals surface area (Å²) in [5.74, 6) is 0.868. The zero-order chi connectivity index (χ0) is 30.7. The summed E-state index contributed by atoms with van der Waals surface area (Å²) < 4.78 is 42.9. The number of nitrogens with one attached hydrogen (secondary N) is 2. The highest BCUT2D eigenvalue weighted by molar-refractivity contribution is 5.98. The summed E-state index contributed by atoms with van der Waals surface area (Å²) in [6.45, 7) is 5.94. The van der Waals surface area contributed by atoms with Crippen LogP contribution in [0.3, 0.4) is 0 Å². The van der Waals surface area contributed by atoms with Gasteiger partial charge in [0.1, 0.15) is 12.1 Å². The summed E-state index contributed by atoms with van der Waals surface area (Å²) >= 11 is 0. The third-order valence-electron chi connectivity index (χ3n) is 7.74.